The van der Waals surface area contributed by atoms with Crippen molar-refractivity contribution in [3.8, 4) is 33.9 Å². The van der Waals surface area contributed by atoms with E-state index < -0.39 is 0 Å². The van der Waals surface area contributed by atoms with E-state index in [1.807, 2.05) is 78.9 Å². The second kappa shape index (κ2) is 9.64. The number of hydrogen-bond acceptors (Lipinski definition) is 2. The molecule has 1 aromatic heterocycles. The van der Waals surface area contributed by atoms with Gasteiger partial charge in [-0.1, -0.05) is 122 Å². The van der Waals surface area contributed by atoms with Crippen LogP contribution in [0.1, 0.15) is 12.5 Å². The van der Waals surface area contributed by atoms with Crippen LogP contribution in [0.3, 0.4) is 0 Å². The van der Waals surface area contributed by atoms with Gasteiger partial charge in [-0.15, -0.1) is 0 Å². The Morgan fingerprint density at radius 2 is 1.10 bits per heavy atom. The lowest BCUT2D eigenvalue weighted by atomic mass is 9.94. The molecule has 0 radical (unpaired) electrons. The summed E-state index contributed by atoms with van der Waals surface area (Å²) in [5.74, 6) is 0.719. The summed E-state index contributed by atoms with van der Waals surface area (Å²) in [5, 5.41) is 0. The van der Waals surface area contributed by atoms with Crippen LogP contribution in [0.4, 0.5) is 0 Å². The van der Waals surface area contributed by atoms with Crippen LogP contribution >= 0.6 is 0 Å². The summed E-state index contributed by atoms with van der Waals surface area (Å²) in [4.78, 5) is 10.1. The first kappa shape index (κ1) is 20.2. The van der Waals surface area contributed by atoms with Crippen molar-refractivity contribution in [2.24, 2.45) is 0 Å². The summed E-state index contributed by atoms with van der Waals surface area (Å²) in [6, 6.07) is 30.8. The van der Waals surface area contributed by atoms with Crippen LogP contribution in [0.15, 0.2) is 122 Å². The highest BCUT2D eigenvalue weighted by Gasteiger charge is 2.19. The van der Waals surface area contributed by atoms with Crippen LogP contribution in [0.25, 0.3) is 39.5 Å². The second-order valence-corrected chi connectivity index (χ2v) is 7.19. The van der Waals surface area contributed by atoms with Crippen LogP contribution in [-0.2, 0) is 0 Å². The summed E-state index contributed by atoms with van der Waals surface area (Å²) in [5.41, 5.74) is 7.10. The fourth-order valence-corrected chi connectivity index (χ4v) is 3.52. The molecule has 0 aliphatic heterocycles. The van der Waals surface area contributed by atoms with Crippen molar-refractivity contribution in [1.82, 2.24) is 9.97 Å². The Morgan fingerprint density at radius 1 is 0.645 bits per heavy atom. The molecule has 0 N–H and O–H groups in total. The van der Waals surface area contributed by atoms with E-state index in [4.69, 9.17) is 9.97 Å². The Morgan fingerprint density at radius 3 is 1.55 bits per heavy atom. The molecule has 3 aromatic carbocycles. The highest BCUT2D eigenvalue weighted by Crippen LogP contribution is 2.36. The first-order chi connectivity index (χ1) is 15.3. The molecule has 0 fully saturated rings. The standard InChI is InChI=1S/C29H24N2/c1-3-4-8-15-22(2)26-27(23-16-9-5-10-17-23)30-29(25-20-13-7-14-21-25)31-28(26)24-18-11-6-12-19-24/h3-21H,1H2,2H3/b8-4-,22-15+. The highest BCUT2D eigenvalue weighted by molar-refractivity contribution is 5.88. The number of aromatic nitrogens is 2. The molecule has 2 heteroatoms. The van der Waals surface area contributed by atoms with Crippen molar-refractivity contribution in [3.05, 3.63) is 127 Å². The predicted molar refractivity (Wildman–Crippen MR) is 131 cm³/mol. The maximum atomic E-state index is 5.05. The van der Waals surface area contributed by atoms with Crippen LogP contribution in [0.5, 0.6) is 0 Å². The minimum Gasteiger partial charge on any atom is -0.227 e. The van der Waals surface area contributed by atoms with E-state index in [2.05, 4.69) is 43.8 Å². The average Bonchev–Trinajstić information content (AvgIpc) is 2.85. The second-order valence-electron chi connectivity index (χ2n) is 7.19. The van der Waals surface area contributed by atoms with Crippen molar-refractivity contribution in [1.29, 1.82) is 0 Å². The minimum absolute atomic E-state index is 0.719. The van der Waals surface area contributed by atoms with Gasteiger partial charge in [-0.05, 0) is 12.5 Å². The van der Waals surface area contributed by atoms with Gasteiger partial charge in [-0.25, -0.2) is 9.97 Å². The molecule has 0 saturated heterocycles. The summed E-state index contributed by atoms with van der Waals surface area (Å²) < 4.78 is 0. The van der Waals surface area contributed by atoms with Crippen molar-refractivity contribution in [2.75, 3.05) is 0 Å². The van der Waals surface area contributed by atoms with E-state index in [1.165, 1.54) is 0 Å². The van der Waals surface area contributed by atoms with E-state index in [0.717, 1.165) is 45.0 Å². The first-order valence-corrected chi connectivity index (χ1v) is 10.3. The van der Waals surface area contributed by atoms with Crippen LogP contribution in [0, 0.1) is 0 Å². The summed E-state index contributed by atoms with van der Waals surface area (Å²) in [6.45, 7) is 5.87. The van der Waals surface area contributed by atoms with Gasteiger partial charge in [0.15, 0.2) is 5.82 Å². The van der Waals surface area contributed by atoms with Gasteiger partial charge in [-0.2, -0.15) is 0 Å². The topological polar surface area (TPSA) is 25.8 Å². The van der Waals surface area contributed by atoms with Gasteiger partial charge >= 0.3 is 0 Å². The Kier molecular flexibility index (Phi) is 6.29. The molecule has 4 rings (SSSR count). The van der Waals surface area contributed by atoms with Gasteiger partial charge in [0.05, 0.1) is 11.4 Å². The molecule has 0 bridgehead atoms. The number of benzene rings is 3. The third kappa shape index (κ3) is 4.59. The molecule has 31 heavy (non-hydrogen) atoms. The van der Waals surface area contributed by atoms with Gasteiger partial charge in [0.2, 0.25) is 0 Å². The molecule has 0 aliphatic rings. The summed E-state index contributed by atoms with van der Waals surface area (Å²) in [6.07, 6.45) is 7.78. The van der Waals surface area contributed by atoms with Crippen molar-refractivity contribution >= 4 is 5.57 Å². The summed E-state index contributed by atoms with van der Waals surface area (Å²) >= 11 is 0. The Bertz CT molecular complexity index is 1160. The minimum atomic E-state index is 0.719. The quantitative estimate of drug-likeness (QED) is 0.311. The van der Waals surface area contributed by atoms with E-state index in [-0.39, 0.29) is 0 Å². The number of nitrogens with zero attached hydrogens (tertiary/aromatic N) is 2. The smallest absolute Gasteiger partial charge is 0.160 e. The number of rotatable bonds is 6. The molecular formula is C29H24N2. The Labute approximate surface area is 184 Å². The maximum absolute atomic E-state index is 5.05. The average molecular weight is 401 g/mol. The number of allylic oxidation sites excluding steroid dienone is 5. The lowest BCUT2D eigenvalue weighted by Crippen LogP contribution is -2.02. The molecule has 0 aliphatic carbocycles. The first-order valence-electron chi connectivity index (χ1n) is 10.3. The van der Waals surface area contributed by atoms with Gasteiger partial charge in [0.1, 0.15) is 0 Å². The molecule has 4 aromatic rings. The SMILES string of the molecule is C=C/C=C\C=C(/C)c1c(-c2ccccc2)nc(-c2ccccc2)nc1-c1ccccc1. The van der Waals surface area contributed by atoms with Crippen molar-refractivity contribution < 1.29 is 0 Å². The predicted octanol–water partition coefficient (Wildman–Crippen LogP) is 7.62. The molecular weight excluding hydrogens is 376 g/mol. The molecule has 0 saturated carbocycles. The van der Waals surface area contributed by atoms with Crippen LogP contribution in [-0.4, -0.2) is 9.97 Å². The third-order valence-corrected chi connectivity index (χ3v) is 5.02. The largest absolute Gasteiger partial charge is 0.227 e. The zero-order valence-corrected chi connectivity index (χ0v) is 17.6. The highest BCUT2D eigenvalue weighted by atomic mass is 14.9. The lowest BCUT2D eigenvalue weighted by Gasteiger charge is -2.17. The fraction of sp³-hybridized carbons (Fsp3) is 0.0345. The lowest BCUT2D eigenvalue weighted by molar-refractivity contribution is 1.17. The molecule has 0 spiro atoms. The fourth-order valence-electron chi connectivity index (χ4n) is 3.52. The van der Waals surface area contributed by atoms with Crippen LogP contribution < -0.4 is 0 Å². The van der Waals surface area contributed by atoms with E-state index in [9.17, 15) is 0 Å². The zero-order chi connectivity index (χ0) is 21.5. The summed E-state index contributed by atoms with van der Waals surface area (Å²) in [7, 11) is 0. The van der Waals surface area contributed by atoms with Gasteiger partial charge < -0.3 is 0 Å². The third-order valence-electron chi connectivity index (χ3n) is 5.02. The van der Waals surface area contributed by atoms with Gasteiger partial charge in [0.25, 0.3) is 0 Å². The van der Waals surface area contributed by atoms with E-state index in [0.29, 0.717) is 0 Å². The van der Waals surface area contributed by atoms with Gasteiger partial charge in [-0.3, -0.25) is 0 Å². The monoisotopic (exact) mass is 400 g/mol. The normalized spacial score (nSPS) is 11.6. The Balaban J connectivity index is 2.06. The van der Waals surface area contributed by atoms with Crippen molar-refractivity contribution in [2.45, 2.75) is 6.92 Å². The molecule has 0 amide bonds. The van der Waals surface area contributed by atoms with Crippen LogP contribution in [0.2, 0.25) is 0 Å². The molecule has 1 heterocycles. The van der Waals surface area contributed by atoms with Crippen molar-refractivity contribution in [3.63, 3.8) is 0 Å². The Hall–Kier alpha value is -4.04. The van der Waals surface area contributed by atoms with E-state index in [1.54, 1.807) is 6.08 Å². The number of hydrogen-bond donors (Lipinski definition) is 0. The maximum Gasteiger partial charge on any atom is 0.160 e. The zero-order valence-electron chi connectivity index (χ0n) is 17.6. The van der Waals surface area contributed by atoms with E-state index >= 15 is 0 Å². The molecule has 150 valence electrons. The molecule has 2 nitrogen and oxygen atoms in total. The molecule has 0 atom stereocenters. The molecule has 0 unspecified atom stereocenters. The van der Waals surface area contributed by atoms with Gasteiger partial charge in [0, 0.05) is 22.3 Å².